The van der Waals surface area contributed by atoms with Gasteiger partial charge in [0.15, 0.2) is 0 Å². The maximum atomic E-state index is 12.0. The van der Waals surface area contributed by atoms with Gasteiger partial charge in [0.1, 0.15) is 5.01 Å². The number of likely N-dealkylation sites (tertiary alicyclic amines) is 1. The fraction of sp³-hybridized carbons (Fsp3) is 0.500. The van der Waals surface area contributed by atoms with Gasteiger partial charge >= 0.3 is 5.97 Å². The summed E-state index contributed by atoms with van der Waals surface area (Å²) in [6, 6.07) is 10.1. The predicted molar refractivity (Wildman–Crippen MR) is 97.9 cm³/mol. The summed E-state index contributed by atoms with van der Waals surface area (Å²) in [5.74, 6) is -0.647. The van der Waals surface area contributed by atoms with Crippen molar-refractivity contribution in [2.75, 3.05) is 31.6 Å². The zero-order valence-electron chi connectivity index (χ0n) is 14.3. The topological polar surface area (TPSA) is 69.6 Å². The van der Waals surface area contributed by atoms with Crippen molar-refractivity contribution in [3.63, 3.8) is 0 Å². The van der Waals surface area contributed by atoms with Crippen molar-refractivity contribution < 1.29 is 9.90 Å². The Morgan fingerprint density at radius 1 is 1.24 bits per heavy atom. The first kappa shape index (κ1) is 16.5. The van der Waals surface area contributed by atoms with Gasteiger partial charge in [0.2, 0.25) is 5.13 Å². The Balaban J connectivity index is 1.58. The van der Waals surface area contributed by atoms with Crippen molar-refractivity contribution in [2.24, 2.45) is 5.41 Å². The second kappa shape index (κ2) is 6.38. The lowest BCUT2D eigenvalue weighted by molar-refractivity contribution is -0.158. The summed E-state index contributed by atoms with van der Waals surface area (Å²) in [6.45, 7) is 2.38. The minimum absolute atomic E-state index is 0.0246. The number of carboxylic acid groups (broad SMARTS) is 1. The van der Waals surface area contributed by atoms with Gasteiger partial charge in [0.25, 0.3) is 0 Å². The Labute approximate surface area is 151 Å². The quantitative estimate of drug-likeness (QED) is 0.909. The third-order valence-corrected chi connectivity index (χ3v) is 6.69. The summed E-state index contributed by atoms with van der Waals surface area (Å²) in [4.78, 5) is 16.4. The van der Waals surface area contributed by atoms with E-state index in [0.29, 0.717) is 13.0 Å². The zero-order chi connectivity index (χ0) is 17.4. The van der Waals surface area contributed by atoms with Gasteiger partial charge in [-0.05, 0) is 32.9 Å². The number of anilines is 1. The number of hydrogen-bond acceptors (Lipinski definition) is 6. The summed E-state index contributed by atoms with van der Waals surface area (Å²) in [7, 11) is 2.04. The number of piperidine rings is 2. The summed E-state index contributed by atoms with van der Waals surface area (Å²) in [6.07, 6.45) is 2.39. The normalized spacial score (nSPS) is 27.1. The molecule has 1 aromatic heterocycles. The number of nitrogens with zero attached hydrogens (tertiary/aromatic N) is 4. The van der Waals surface area contributed by atoms with Crippen molar-refractivity contribution in [1.29, 1.82) is 0 Å². The molecule has 25 heavy (non-hydrogen) atoms. The maximum Gasteiger partial charge on any atom is 0.311 e. The van der Waals surface area contributed by atoms with Crippen LogP contribution in [0.3, 0.4) is 0 Å². The van der Waals surface area contributed by atoms with Gasteiger partial charge in [-0.25, -0.2) is 0 Å². The Morgan fingerprint density at radius 3 is 2.80 bits per heavy atom. The molecule has 132 valence electrons. The van der Waals surface area contributed by atoms with E-state index in [9.17, 15) is 9.90 Å². The molecule has 3 heterocycles. The van der Waals surface area contributed by atoms with E-state index < -0.39 is 11.4 Å². The van der Waals surface area contributed by atoms with Crippen LogP contribution in [0, 0.1) is 5.41 Å². The van der Waals surface area contributed by atoms with E-state index in [4.69, 9.17) is 0 Å². The second-order valence-electron chi connectivity index (χ2n) is 7.01. The molecule has 0 aliphatic carbocycles. The Morgan fingerprint density at radius 2 is 2.04 bits per heavy atom. The molecule has 0 spiro atoms. The van der Waals surface area contributed by atoms with Crippen LogP contribution in [0.1, 0.15) is 19.3 Å². The molecule has 2 aliphatic heterocycles. The highest BCUT2D eigenvalue weighted by Gasteiger charge is 2.52. The highest BCUT2D eigenvalue weighted by Crippen LogP contribution is 2.43. The second-order valence-corrected chi connectivity index (χ2v) is 7.97. The molecule has 2 aromatic rings. The van der Waals surface area contributed by atoms with Crippen LogP contribution in [0.4, 0.5) is 5.13 Å². The number of aliphatic carboxylic acids is 1. The predicted octanol–water partition coefficient (Wildman–Crippen LogP) is 2.58. The molecule has 2 fully saturated rings. The zero-order valence-corrected chi connectivity index (χ0v) is 15.1. The Kier molecular flexibility index (Phi) is 4.21. The van der Waals surface area contributed by atoms with Crippen LogP contribution in [0.15, 0.2) is 30.3 Å². The molecule has 1 N–H and O–H groups in total. The summed E-state index contributed by atoms with van der Waals surface area (Å²) < 4.78 is 0. The number of fused-ring (bicyclic) bond motifs is 1. The number of hydrogen-bond donors (Lipinski definition) is 1. The number of benzene rings is 1. The first-order chi connectivity index (χ1) is 12.1. The molecule has 7 heteroatoms. The summed E-state index contributed by atoms with van der Waals surface area (Å²) in [5.41, 5.74) is 0.453. The Hall–Kier alpha value is -1.99. The van der Waals surface area contributed by atoms with Gasteiger partial charge in [-0.15, -0.1) is 10.2 Å². The van der Waals surface area contributed by atoms with Crippen molar-refractivity contribution in [3.05, 3.63) is 30.3 Å². The van der Waals surface area contributed by atoms with Crippen LogP contribution < -0.4 is 4.90 Å². The number of carbonyl (C=O) groups is 1. The van der Waals surface area contributed by atoms with E-state index in [1.165, 1.54) is 0 Å². The molecule has 2 atom stereocenters. The number of aromatic nitrogens is 2. The van der Waals surface area contributed by atoms with Crippen molar-refractivity contribution >= 4 is 22.4 Å². The first-order valence-corrected chi connectivity index (χ1v) is 9.49. The molecule has 4 rings (SSSR count). The van der Waals surface area contributed by atoms with E-state index in [0.717, 1.165) is 41.6 Å². The molecule has 0 bridgehead atoms. The van der Waals surface area contributed by atoms with Crippen molar-refractivity contribution in [3.8, 4) is 10.6 Å². The van der Waals surface area contributed by atoms with E-state index in [1.807, 2.05) is 37.4 Å². The molecule has 0 unspecified atom stereocenters. The lowest BCUT2D eigenvalue weighted by Gasteiger charge is -2.51. The highest BCUT2D eigenvalue weighted by atomic mass is 32.1. The van der Waals surface area contributed by atoms with E-state index in [-0.39, 0.29) is 6.04 Å². The fourth-order valence-corrected chi connectivity index (χ4v) is 5.08. The monoisotopic (exact) mass is 358 g/mol. The molecule has 2 saturated heterocycles. The molecular formula is C18H22N4O2S. The van der Waals surface area contributed by atoms with Crippen LogP contribution in [0.25, 0.3) is 10.6 Å². The van der Waals surface area contributed by atoms with Crippen LogP contribution in [0.5, 0.6) is 0 Å². The number of likely N-dealkylation sites (N-methyl/N-ethyl adjacent to an activating group) is 1. The van der Waals surface area contributed by atoms with Gasteiger partial charge in [0.05, 0.1) is 5.41 Å². The highest BCUT2D eigenvalue weighted by molar-refractivity contribution is 7.18. The first-order valence-electron chi connectivity index (χ1n) is 8.68. The van der Waals surface area contributed by atoms with Gasteiger partial charge in [-0.2, -0.15) is 0 Å². The number of carboxylic acids is 1. The van der Waals surface area contributed by atoms with E-state index >= 15 is 0 Å². The van der Waals surface area contributed by atoms with Gasteiger partial charge in [0, 0.05) is 24.7 Å². The minimum atomic E-state index is -0.647. The van der Waals surface area contributed by atoms with Crippen LogP contribution >= 0.6 is 11.3 Å². The SMILES string of the molecule is CN1CCC[C@]2(C(=O)O)CCN(c3nnc(-c4ccccc4)s3)C[C@@H]12. The maximum absolute atomic E-state index is 12.0. The summed E-state index contributed by atoms with van der Waals surface area (Å²) >= 11 is 1.58. The average Bonchev–Trinajstić information content (AvgIpc) is 3.12. The molecular weight excluding hydrogens is 336 g/mol. The average molecular weight is 358 g/mol. The molecule has 6 nitrogen and oxygen atoms in total. The summed E-state index contributed by atoms with van der Waals surface area (Å²) in [5, 5.41) is 20.4. The smallest absolute Gasteiger partial charge is 0.311 e. The molecule has 2 aliphatic rings. The van der Waals surface area contributed by atoms with E-state index in [1.54, 1.807) is 11.3 Å². The molecule has 0 saturated carbocycles. The lowest BCUT2D eigenvalue weighted by atomic mass is 9.68. The molecule has 0 radical (unpaired) electrons. The van der Waals surface area contributed by atoms with Gasteiger partial charge < -0.3 is 14.9 Å². The largest absolute Gasteiger partial charge is 0.481 e. The van der Waals surface area contributed by atoms with Crippen LogP contribution in [0.2, 0.25) is 0 Å². The van der Waals surface area contributed by atoms with Crippen molar-refractivity contribution in [2.45, 2.75) is 25.3 Å². The Bertz CT molecular complexity index is 765. The third-order valence-electron chi connectivity index (χ3n) is 5.66. The minimum Gasteiger partial charge on any atom is -0.481 e. The van der Waals surface area contributed by atoms with Crippen LogP contribution in [-0.2, 0) is 4.79 Å². The molecule has 0 amide bonds. The fourth-order valence-electron chi connectivity index (χ4n) is 4.20. The standard InChI is InChI=1S/C18H22N4O2S/c1-21-10-5-8-18(16(23)24)9-11-22(12-14(18)21)17-20-19-15(25-17)13-6-3-2-4-7-13/h2-4,6-7,14H,5,8-12H2,1H3,(H,23,24)/t14-,18+/m1/s1. The van der Waals surface area contributed by atoms with Crippen molar-refractivity contribution in [1.82, 2.24) is 15.1 Å². The van der Waals surface area contributed by atoms with E-state index in [2.05, 4.69) is 20.0 Å². The molecule has 1 aromatic carbocycles. The number of rotatable bonds is 3. The van der Waals surface area contributed by atoms with Gasteiger partial charge in [-0.3, -0.25) is 4.79 Å². The third kappa shape index (κ3) is 2.81. The van der Waals surface area contributed by atoms with Crippen LogP contribution in [-0.4, -0.2) is 58.9 Å². The van der Waals surface area contributed by atoms with Gasteiger partial charge in [-0.1, -0.05) is 41.7 Å². The lowest BCUT2D eigenvalue weighted by Crippen LogP contribution is -2.63.